The third-order valence-corrected chi connectivity index (χ3v) is 3.89. The zero-order valence-corrected chi connectivity index (χ0v) is 12.7. The molecule has 1 aliphatic rings. The molecule has 2 nitrogen and oxygen atoms in total. The van der Waals surface area contributed by atoms with Crippen molar-refractivity contribution in [2.24, 2.45) is 0 Å². The fraction of sp³-hybridized carbons (Fsp3) is 0.250. The van der Waals surface area contributed by atoms with Gasteiger partial charge < -0.3 is 10.1 Å². The van der Waals surface area contributed by atoms with Crippen molar-refractivity contribution in [3.63, 3.8) is 0 Å². The molecule has 1 aliphatic carbocycles. The van der Waals surface area contributed by atoms with Gasteiger partial charge in [-0.05, 0) is 42.7 Å². The Morgan fingerprint density at radius 2 is 1.90 bits per heavy atom. The molecule has 1 fully saturated rings. The fourth-order valence-corrected chi connectivity index (χ4v) is 2.38. The molecule has 3 rings (SSSR count). The van der Waals surface area contributed by atoms with Crippen LogP contribution in [0.4, 0.5) is 4.39 Å². The molecular weight excluding hydrogens is 312 g/mol. The number of hydrogen-bond acceptors (Lipinski definition) is 2. The summed E-state index contributed by atoms with van der Waals surface area (Å²) in [5.41, 5.74) is 1.07. The van der Waals surface area contributed by atoms with Crippen LogP contribution >= 0.6 is 23.2 Å². The zero-order chi connectivity index (χ0) is 14.8. The molecule has 0 heterocycles. The van der Waals surface area contributed by atoms with Crippen molar-refractivity contribution in [2.75, 3.05) is 0 Å². The summed E-state index contributed by atoms with van der Waals surface area (Å²) in [5.74, 6) is -0.115. The molecule has 1 saturated carbocycles. The van der Waals surface area contributed by atoms with Crippen LogP contribution in [0.1, 0.15) is 18.4 Å². The maximum atomic E-state index is 13.8. The second kappa shape index (κ2) is 6.22. The molecule has 2 aromatic carbocycles. The Bertz CT molecular complexity index is 659. The molecule has 0 amide bonds. The first-order chi connectivity index (χ1) is 10.1. The zero-order valence-electron chi connectivity index (χ0n) is 11.2. The lowest BCUT2D eigenvalue weighted by Crippen LogP contribution is -2.15. The molecule has 0 atom stereocenters. The lowest BCUT2D eigenvalue weighted by atomic mass is 10.2. The minimum absolute atomic E-state index is 0.0221. The van der Waals surface area contributed by atoms with Crippen molar-refractivity contribution >= 4 is 23.2 Å². The van der Waals surface area contributed by atoms with Crippen molar-refractivity contribution in [3.05, 3.63) is 57.8 Å². The Kier molecular flexibility index (Phi) is 4.34. The first-order valence-corrected chi connectivity index (χ1v) is 7.53. The average molecular weight is 326 g/mol. The molecule has 0 unspecified atom stereocenters. The third-order valence-electron chi connectivity index (χ3n) is 3.30. The van der Waals surface area contributed by atoms with Crippen LogP contribution in [0.3, 0.4) is 0 Å². The maximum absolute atomic E-state index is 13.8. The Morgan fingerprint density at radius 3 is 2.62 bits per heavy atom. The van der Waals surface area contributed by atoms with E-state index in [9.17, 15) is 4.39 Å². The van der Waals surface area contributed by atoms with Gasteiger partial charge in [0.25, 0.3) is 0 Å². The summed E-state index contributed by atoms with van der Waals surface area (Å²) in [7, 11) is 0. The van der Waals surface area contributed by atoms with Crippen LogP contribution in [0.2, 0.25) is 10.0 Å². The molecular formula is C16H14Cl2FNO. The van der Waals surface area contributed by atoms with Crippen molar-refractivity contribution in [1.82, 2.24) is 5.32 Å². The van der Waals surface area contributed by atoms with E-state index in [2.05, 4.69) is 5.32 Å². The highest BCUT2D eigenvalue weighted by molar-refractivity contribution is 6.32. The highest BCUT2D eigenvalue weighted by Gasteiger charge is 2.20. The molecule has 0 spiro atoms. The lowest BCUT2D eigenvalue weighted by molar-refractivity contribution is 0.442. The standard InChI is InChI=1S/C16H14Cl2FNO/c17-12-2-1-3-15(16(12)19)21-14-7-4-10(8-13(14)18)9-20-11-5-6-11/h1-4,7-8,11,20H,5-6,9H2. The Morgan fingerprint density at radius 1 is 1.10 bits per heavy atom. The van der Waals surface area contributed by atoms with Gasteiger partial charge in [0.15, 0.2) is 11.6 Å². The van der Waals surface area contributed by atoms with Crippen molar-refractivity contribution in [1.29, 1.82) is 0 Å². The number of benzene rings is 2. The summed E-state index contributed by atoms with van der Waals surface area (Å²) >= 11 is 11.9. The predicted octanol–water partition coefficient (Wildman–Crippen LogP) is 5.18. The highest BCUT2D eigenvalue weighted by Crippen LogP contribution is 2.33. The van der Waals surface area contributed by atoms with Gasteiger partial charge in [0.2, 0.25) is 0 Å². The molecule has 110 valence electrons. The van der Waals surface area contributed by atoms with E-state index >= 15 is 0 Å². The molecule has 0 bridgehead atoms. The average Bonchev–Trinajstić information content (AvgIpc) is 3.28. The van der Waals surface area contributed by atoms with E-state index in [1.807, 2.05) is 12.1 Å². The van der Waals surface area contributed by atoms with E-state index in [0.29, 0.717) is 16.8 Å². The predicted molar refractivity (Wildman–Crippen MR) is 82.8 cm³/mol. The van der Waals surface area contributed by atoms with E-state index < -0.39 is 5.82 Å². The first kappa shape index (κ1) is 14.6. The Hall–Kier alpha value is -1.29. The number of nitrogens with one attached hydrogen (secondary N) is 1. The van der Waals surface area contributed by atoms with Gasteiger partial charge in [-0.25, -0.2) is 4.39 Å². The molecule has 0 aliphatic heterocycles. The molecule has 0 saturated heterocycles. The molecule has 0 aromatic heterocycles. The normalized spacial score (nSPS) is 14.2. The van der Waals surface area contributed by atoms with Crippen LogP contribution in [0.5, 0.6) is 11.5 Å². The van der Waals surface area contributed by atoms with Crippen LogP contribution in [-0.4, -0.2) is 6.04 Å². The van der Waals surface area contributed by atoms with Gasteiger partial charge in [-0.1, -0.05) is 35.3 Å². The van der Waals surface area contributed by atoms with E-state index in [1.54, 1.807) is 12.1 Å². The summed E-state index contributed by atoms with van der Waals surface area (Å²) in [6, 6.07) is 10.7. The second-order valence-corrected chi connectivity index (χ2v) is 5.89. The minimum Gasteiger partial charge on any atom is -0.453 e. The third kappa shape index (κ3) is 3.67. The van der Waals surface area contributed by atoms with Gasteiger partial charge in [-0.3, -0.25) is 0 Å². The van der Waals surface area contributed by atoms with Gasteiger partial charge in [-0.15, -0.1) is 0 Å². The number of halogens is 3. The summed E-state index contributed by atoms with van der Waals surface area (Å²) in [5, 5.41) is 3.88. The van der Waals surface area contributed by atoms with Gasteiger partial charge in [0.05, 0.1) is 10.0 Å². The number of ether oxygens (including phenoxy) is 1. The number of hydrogen-bond donors (Lipinski definition) is 1. The lowest BCUT2D eigenvalue weighted by Gasteiger charge is -2.11. The van der Waals surface area contributed by atoms with Gasteiger partial charge in [0, 0.05) is 12.6 Å². The van der Waals surface area contributed by atoms with E-state index in [1.165, 1.54) is 25.0 Å². The van der Waals surface area contributed by atoms with E-state index in [0.717, 1.165) is 12.1 Å². The van der Waals surface area contributed by atoms with Crippen LogP contribution in [0.15, 0.2) is 36.4 Å². The highest BCUT2D eigenvalue weighted by atomic mass is 35.5. The molecule has 5 heteroatoms. The van der Waals surface area contributed by atoms with Crippen molar-refractivity contribution in [2.45, 2.75) is 25.4 Å². The molecule has 2 aromatic rings. The quantitative estimate of drug-likeness (QED) is 0.818. The van der Waals surface area contributed by atoms with Crippen LogP contribution in [0.25, 0.3) is 0 Å². The minimum atomic E-state index is -0.588. The van der Waals surface area contributed by atoms with E-state index in [4.69, 9.17) is 27.9 Å². The maximum Gasteiger partial charge on any atom is 0.184 e. The van der Waals surface area contributed by atoms with Crippen LogP contribution in [0, 0.1) is 5.82 Å². The smallest absolute Gasteiger partial charge is 0.184 e. The van der Waals surface area contributed by atoms with E-state index in [-0.39, 0.29) is 10.8 Å². The second-order valence-electron chi connectivity index (χ2n) is 5.07. The van der Waals surface area contributed by atoms with Crippen molar-refractivity contribution in [3.8, 4) is 11.5 Å². The monoisotopic (exact) mass is 325 g/mol. The summed E-state index contributed by atoms with van der Waals surface area (Å²) in [4.78, 5) is 0. The Balaban J connectivity index is 1.74. The fourth-order valence-electron chi connectivity index (χ4n) is 1.97. The Labute approximate surface area is 132 Å². The van der Waals surface area contributed by atoms with Gasteiger partial charge in [0.1, 0.15) is 5.75 Å². The van der Waals surface area contributed by atoms with Crippen LogP contribution in [-0.2, 0) is 6.54 Å². The summed E-state index contributed by atoms with van der Waals surface area (Å²) in [6.45, 7) is 0.774. The number of rotatable bonds is 5. The SMILES string of the molecule is Fc1c(Cl)cccc1Oc1ccc(CNC2CC2)cc1Cl. The van der Waals surface area contributed by atoms with Gasteiger partial charge >= 0.3 is 0 Å². The largest absolute Gasteiger partial charge is 0.453 e. The first-order valence-electron chi connectivity index (χ1n) is 6.77. The topological polar surface area (TPSA) is 21.3 Å². The van der Waals surface area contributed by atoms with Crippen molar-refractivity contribution < 1.29 is 9.13 Å². The molecule has 1 N–H and O–H groups in total. The van der Waals surface area contributed by atoms with Crippen LogP contribution < -0.4 is 10.1 Å². The molecule has 0 radical (unpaired) electrons. The summed E-state index contributed by atoms with van der Waals surface area (Å²) < 4.78 is 19.3. The molecule has 21 heavy (non-hydrogen) atoms. The van der Waals surface area contributed by atoms with Gasteiger partial charge in [-0.2, -0.15) is 0 Å². The summed E-state index contributed by atoms with van der Waals surface area (Å²) in [6.07, 6.45) is 2.48.